The number of aromatic nitrogens is 3. The van der Waals surface area contributed by atoms with Gasteiger partial charge in [0.25, 0.3) is 0 Å². The fourth-order valence-corrected chi connectivity index (χ4v) is 3.30. The molecule has 0 aliphatic carbocycles. The SMILES string of the molecule is Cc1cnc2c(c1)nc(CCl)n2C1CCN(C)C(C)C1. The fourth-order valence-electron chi connectivity index (χ4n) is 3.11. The highest BCUT2D eigenvalue weighted by molar-refractivity contribution is 6.16. The monoisotopic (exact) mass is 292 g/mol. The lowest BCUT2D eigenvalue weighted by Crippen LogP contribution is -2.38. The van der Waals surface area contributed by atoms with E-state index in [9.17, 15) is 0 Å². The molecule has 0 radical (unpaired) electrons. The highest BCUT2D eigenvalue weighted by atomic mass is 35.5. The van der Waals surface area contributed by atoms with Gasteiger partial charge >= 0.3 is 0 Å². The number of fused-ring (bicyclic) bond motifs is 1. The van der Waals surface area contributed by atoms with Gasteiger partial charge in [0.2, 0.25) is 0 Å². The number of rotatable bonds is 2. The number of hydrogen-bond donors (Lipinski definition) is 0. The van der Waals surface area contributed by atoms with Crippen LogP contribution >= 0.6 is 11.6 Å². The molecule has 0 saturated carbocycles. The number of aryl methyl sites for hydroxylation is 1. The predicted octanol–water partition coefficient (Wildman–Crippen LogP) is 3.13. The molecule has 3 rings (SSSR count). The summed E-state index contributed by atoms with van der Waals surface area (Å²) in [6, 6.07) is 3.13. The van der Waals surface area contributed by atoms with Crippen LogP contribution in [0.3, 0.4) is 0 Å². The van der Waals surface area contributed by atoms with Gasteiger partial charge in [0.05, 0.1) is 5.88 Å². The van der Waals surface area contributed by atoms with Gasteiger partial charge < -0.3 is 9.47 Å². The molecule has 0 aromatic carbocycles. The zero-order valence-corrected chi connectivity index (χ0v) is 13.1. The molecule has 0 N–H and O–H groups in total. The molecular weight excluding hydrogens is 272 g/mol. The highest BCUT2D eigenvalue weighted by Crippen LogP contribution is 2.31. The van der Waals surface area contributed by atoms with Crippen LogP contribution in [0.4, 0.5) is 0 Å². The first-order valence-corrected chi connectivity index (χ1v) is 7.73. The van der Waals surface area contributed by atoms with Crippen LogP contribution in [-0.2, 0) is 5.88 Å². The second kappa shape index (κ2) is 5.34. The van der Waals surface area contributed by atoms with Crippen LogP contribution in [0.25, 0.3) is 11.2 Å². The summed E-state index contributed by atoms with van der Waals surface area (Å²) in [7, 11) is 2.19. The average Bonchev–Trinajstić information content (AvgIpc) is 2.79. The Morgan fingerprint density at radius 1 is 1.45 bits per heavy atom. The molecule has 2 unspecified atom stereocenters. The Bertz CT molecular complexity index is 622. The minimum Gasteiger partial charge on any atom is -0.308 e. The Kier molecular flexibility index (Phi) is 3.69. The topological polar surface area (TPSA) is 34.0 Å². The number of piperidine rings is 1. The van der Waals surface area contributed by atoms with Gasteiger partial charge in [0.1, 0.15) is 11.3 Å². The van der Waals surface area contributed by atoms with Crippen molar-refractivity contribution in [3.63, 3.8) is 0 Å². The first-order chi connectivity index (χ1) is 9.60. The summed E-state index contributed by atoms with van der Waals surface area (Å²) >= 11 is 6.11. The molecule has 20 heavy (non-hydrogen) atoms. The van der Waals surface area contributed by atoms with Crippen LogP contribution in [0.2, 0.25) is 0 Å². The second-order valence-electron chi connectivity index (χ2n) is 5.89. The Morgan fingerprint density at radius 2 is 2.25 bits per heavy atom. The maximum atomic E-state index is 6.11. The Balaban J connectivity index is 2.05. The predicted molar refractivity (Wildman–Crippen MR) is 82.2 cm³/mol. The summed E-state index contributed by atoms with van der Waals surface area (Å²) in [6.45, 7) is 5.44. The minimum atomic E-state index is 0.441. The molecule has 5 heteroatoms. The zero-order valence-electron chi connectivity index (χ0n) is 12.3. The molecule has 1 saturated heterocycles. The van der Waals surface area contributed by atoms with E-state index in [1.807, 2.05) is 13.1 Å². The van der Waals surface area contributed by atoms with Gasteiger partial charge in [0.15, 0.2) is 5.65 Å². The number of imidazole rings is 1. The summed E-state index contributed by atoms with van der Waals surface area (Å²) in [4.78, 5) is 11.7. The molecule has 3 heterocycles. The number of hydrogen-bond acceptors (Lipinski definition) is 3. The first kappa shape index (κ1) is 13.8. The maximum absolute atomic E-state index is 6.11. The molecule has 1 aliphatic rings. The van der Waals surface area contributed by atoms with Gasteiger partial charge in [-0.25, -0.2) is 9.97 Å². The summed E-state index contributed by atoms with van der Waals surface area (Å²) < 4.78 is 2.27. The van der Waals surface area contributed by atoms with Crippen LogP contribution in [0.5, 0.6) is 0 Å². The number of alkyl halides is 1. The van der Waals surface area contributed by atoms with Crippen LogP contribution in [-0.4, -0.2) is 39.1 Å². The lowest BCUT2D eigenvalue weighted by Gasteiger charge is -2.36. The third-order valence-corrected chi connectivity index (χ3v) is 4.64. The van der Waals surface area contributed by atoms with Crippen LogP contribution in [0, 0.1) is 6.92 Å². The first-order valence-electron chi connectivity index (χ1n) is 7.20. The summed E-state index contributed by atoms with van der Waals surface area (Å²) in [5.74, 6) is 1.39. The molecule has 1 aliphatic heterocycles. The van der Waals surface area contributed by atoms with Gasteiger partial charge in [-0.1, -0.05) is 0 Å². The molecule has 1 fully saturated rings. The summed E-state index contributed by atoms with van der Waals surface area (Å²) in [6.07, 6.45) is 4.17. The summed E-state index contributed by atoms with van der Waals surface area (Å²) in [5, 5.41) is 0. The van der Waals surface area contributed by atoms with E-state index < -0.39 is 0 Å². The number of likely N-dealkylation sites (tertiary alicyclic amines) is 1. The lowest BCUT2D eigenvalue weighted by atomic mass is 9.98. The number of nitrogens with zero attached hydrogens (tertiary/aromatic N) is 4. The standard InChI is InChI=1S/C15H21ClN4/c1-10-6-13-15(17-9-10)20(14(8-16)18-13)12-4-5-19(3)11(2)7-12/h6,9,11-12H,4-5,7-8H2,1-3H3. The van der Waals surface area contributed by atoms with Crippen molar-refractivity contribution in [1.29, 1.82) is 0 Å². The van der Waals surface area contributed by atoms with Crippen molar-refractivity contribution in [3.05, 3.63) is 23.7 Å². The van der Waals surface area contributed by atoms with E-state index in [4.69, 9.17) is 11.6 Å². The molecule has 2 atom stereocenters. The van der Waals surface area contributed by atoms with Gasteiger partial charge in [-0.3, -0.25) is 0 Å². The van der Waals surface area contributed by atoms with Gasteiger partial charge in [0, 0.05) is 24.8 Å². The molecule has 0 spiro atoms. The van der Waals surface area contributed by atoms with Crippen molar-refractivity contribution in [2.45, 2.75) is 44.7 Å². The molecule has 0 bridgehead atoms. The van der Waals surface area contributed by atoms with Gasteiger partial charge in [-0.15, -0.1) is 11.6 Å². The van der Waals surface area contributed by atoms with E-state index in [0.717, 1.165) is 41.9 Å². The zero-order chi connectivity index (χ0) is 14.3. The maximum Gasteiger partial charge on any atom is 0.160 e. The molecular formula is C15H21ClN4. The number of halogens is 1. The molecule has 0 amide bonds. The molecule has 2 aromatic heterocycles. The van der Waals surface area contributed by atoms with Crippen LogP contribution < -0.4 is 0 Å². The number of pyridine rings is 1. The van der Waals surface area contributed by atoms with E-state index in [1.165, 1.54) is 0 Å². The smallest absolute Gasteiger partial charge is 0.160 e. The molecule has 108 valence electrons. The second-order valence-corrected chi connectivity index (χ2v) is 6.16. The Hall–Kier alpha value is -1.13. The Labute approximate surface area is 124 Å². The van der Waals surface area contributed by atoms with E-state index >= 15 is 0 Å². The van der Waals surface area contributed by atoms with Crippen molar-refractivity contribution in [1.82, 2.24) is 19.4 Å². The van der Waals surface area contributed by atoms with Crippen molar-refractivity contribution < 1.29 is 0 Å². The third-order valence-electron chi connectivity index (χ3n) is 4.41. The van der Waals surface area contributed by atoms with Crippen molar-refractivity contribution in [2.75, 3.05) is 13.6 Å². The quantitative estimate of drug-likeness (QED) is 0.798. The molecule has 2 aromatic rings. The third kappa shape index (κ3) is 2.31. The van der Waals surface area contributed by atoms with Crippen LogP contribution in [0.15, 0.2) is 12.3 Å². The highest BCUT2D eigenvalue weighted by Gasteiger charge is 2.27. The van der Waals surface area contributed by atoms with E-state index in [2.05, 4.69) is 39.5 Å². The fraction of sp³-hybridized carbons (Fsp3) is 0.600. The van der Waals surface area contributed by atoms with Crippen molar-refractivity contribution in [2.24, 2.45) is 0 Å². The largest absolute Gasteiger partial charge is 0.308 e. The van der Waals surface area contributed by atoms with E-state index in [1.54, 1.807) is 0 Å². The van der Waals surface area contributed by atoms with E-state index in [0.29, 0.717) is 18.0 Å². The Morgan fingerprint density at radius 3 is 2.95 bits per heavy atom. The van der Waals surface area contributed by atoms with Crippen LogP contribution in [0.1, 0.15) is 37.2 Å². The van der Waals surface area contributed by atoms with Gasteiger partial charge in [-0.2, -0.15) is 0 Å². The van der Waals surface area contributed by atoms with E-state index in [-0.39, 0.29) is 0 Å². The lowest BCUT2D eigenvalue weighted by molar-refractivity contribution is 0.157. The summed E-state index contributed by atoms with van der Waals surface area (Å²) in [5.41, 5.74) is 3.08. The van der Waals surface area contributed by atoms with Crippen molar-refractivity contribution in [3.8, 4) is 0 Å². The van der Waals surface area contributed by atoms with Gasteiger partial charge in [-0.05, 0) is 45.4 Å². The minimum absolute atomic E-state index is 0.441. The normalized spacial score (nSPS) is 24.4. The molecule has 4 nitrogen and oxygen atoms in total. The average molecular weight is 293 g/mol. The van der Waals surface area contributed by atoms with Crippen molar-refractivity contribution >= 4 is 22.8 Å².